The summed E-state index contributed by atoms with van der Waals surface area (Å²) in [6.07, 6.45) is -1.52. The fourth-order valence-corrected chi connectivity index (χ4v) is 11.3. The Balaban J connectivity index is 3.00. The fourth-order valence-electron chi connectivity index (χ4n) is 8.96. The summed E-state index contributed by atoms with van der Waals surface area (Å²) in [5, 5.41) is 66.8. The van der Waals surface area contributed by atoms with Crippen LogP contribution in [0, 0.1) is 11.8 Å². The number of carboxylic acids is 2. The monoisotopic (exact) mass is 1410 g/mol. The van der Waals surface area contributed by atoms with Gasteiger partial charge in [-0.1, -0.05) is 92.5 Å². The highest BCUT2D eigenvalue weighted by molar-refractivity contribution is 8.76. The lowest BCUT2D eigenvalue weighted by Gasteiger charge is -2.30. The van der Waals surface area contributed by atoms with Crippen molar-refractivity contribution in [2.24, 2.45) is 66.9 Å². The molecular formula is C57H95N21O17S2. The first-order valence-corrected chi connectivity index (χ1v) is 33.5. The Morgan fingerprint density at radius 2 is 1.07 bits per heavy atom. The number of benzene rings is 1. The molecule has 40 heteroatoms. The summed E-state index contributed by atoms with van der Waals surface area (Å²) in [5.41, 5.74) is 39.0. The van der Waals surface area contributed by atoms with Gasteiger partial charge in [0.2, 0.25) is 65.0 Å². The van der Waals surface area contributed by atoms with E-state index < -0.39 is 193 Å². The second-order valence-electron chi connectivity index (χ2n) is 22.5. The third-order valence-corrected chi connectivity index (χ3v) is 17.3. The Morgan fingerprint density at radius 1 is 0.577 bits per heavy atom. The zero-order chi connectivity index (χ0) is 72.9. The topological polar surface area (TPSA) is 654 Å². The van der Waals surface area contributed by atoms with Gasteiger partial charge in [0.1, 0.15) is 66.5 Å². The summed E-state index contributed by atoms with van der Waals surface area (Å²) < 4.78 is 0. The third-order valence-electron chi connectivity index (χ3n) is 14.8. The van der Waals surface area contributed by atoms with Gasteiger partial charge in [-0.25, -0.2) is 4.79 Å². The number of nitrogens with two attached hydrogens (primary N) is 7. The average molecular weight is 1410 g/mol. The van der Waals surface area contributed by atoms with Crippen LogP contribution in [0.1, 0.15) is 91.0 Å². The summed E-state index contributed by atoms with van der Waals surface area (Å²) in [6.45, 7) is 3.41. The zero-order valence-corrected chi connectivity index (χ0v) is 56.0. The molecule has 0 aromatic heterocycles. The molecule has 0 radical (unpaired) electrons. The highest BCUT2D eigenvalue weighted by Crippen LogP contribution is 2.24. The number of nitrogens with zero attached hydrogens (tertiary/aromatic N) is 3. The lowest BCUT2D eigenvalue weighted by molar-refractivity contribution is -0.142. The third kappa shape index (κ3) is 31.9. The van der Waals surface area contributed by atoms with E-state index >= 15 is 0 Å². The maximum absolute atomic E-state index is 14.9. The molecule has 1 aromatic carbocycles. The number of nitrogens with one attached hydrogen (secondary N) is 11. The summed E-state index contributed by atoms with van der Waals surface area (Å²) in [7, 11) is 1.57. The minimum atomic E-state index is -1.95. The van der Waals surface area contributed by atoms with E-state index in [4.69, 9.17) is 40.1 Å². The number of aliphatic hydroxyl groups excluding tert-OH is 2. The Bertz CT molecular complexity index is 2920. The van der Waals surface area contributed by atoms with Crippen molar-refractivity contribution < 1.29 is 82.8 Å². The molecular weight excluding hydrogens is 1310 g/mol. The van der Waals surface area contributed by atoms with Crippen LogP contribution >= 0.6 is 21.6 Å². The highest BCUT2D eigenvalue weighted by atomic mass is 33.1. The number of hydrogen-bond acceptors (Lipinski definition) is 21. The van der Waals surface area contributed by atoms with Crippen LogP contribution in [0.15, 0.2) is 45.3 Å². The van der Waals surface area contributed by atoms with Crippen molar-refractivity contribution in [3.63, 3.8) is 0 Å². The van der Waals surface area contributed by atoms with Crippen LogP contribution in [0.4, 0.5) is 0 Å². The standard InChI is InChI=1S/C57H95N21O17S2/c1-5-28(3)42-52(92)73-36(22-41(82)83)49(89)70-33(16-11-19-66-56(61)62)47(87)78-43(29(4)6-2)53(93)76-39(51(91)72-35(21-30-13-8-7-9-14-30)48(88)71-34(54(94)95)17-12-20-67-57(63)64)27-97-96-26-38(75-50(90)37(25-80)74-44(84)31(58)24-79)45(85)68-23-40(81)69-32(46(86)77-42)15-10-18-65-55(59)60/h7-9,13-14,28-29,31-39,42-43,79-80H,5-6,10-12,15-27,58H2,1-4H3,(H,68,85)(H,69,81)(H,70,89)(H,71,88)(H,72,91)(H,73,92)(H,74,84)(H,75,90)(H,76,93)(H,77,86)(H,78,87)(H,82,83)(H,94,95)(H4,59,60,65)(H4,61,62,66)(H4,63,64,67)/t28-,29-,31-,32-,33-,34+,35-,36?,37-,38-,39?,42-,43-/m0/s1. The van der Waals surface area contributed by atoms with Gasteiger partial charge in [-0.3, -0.25) is 72.5 Å². The smallest absolute Gasteiger partial charge is 0.326 e. The average Bonchev–Trinajstić information content (AvgIpc) is 2.24. The van der Waals surface area contributed by atoms with Crippen molar-refractivity contribution in [1.29, 1.82) is 0 Å². The van der Waals surface area contributed by atoms with Gasteiger partial charge in [0.05, 0.1) is 26.2 Å². The van der Waals surface area contributed by atoms with Gasteiger partial charge in [-0.2, -0.15) is 0 Å². The number of carboxylic acid groups (broad SMARTS) is 2. The Labute approximate surface area is 567 Å². The first-order valence-electron chi connectivity index (χ1n) is 31.0. The van der Waals surface area contributed by atoms with Gasteiger partial charge in [0.25, 0.3) is 0 Å². The number of amides is 11. The van der Waals surface area contributed by atoms with E-state index in [1.807, 2.05) is 0 Å². The van der Waals surface area contributed by atoms with E-state index in [-0.39, 0.29) is 95.3 Å². The van der Waals surface area contributed by atoms with E-state index in [1.165, 1.54) is 0 Å². The molecule has 29 N–H and O–H groups in total. The SMILES string of the molecule is CC[C@H](C)[C@@H]1NC(=O)[C@H](CCCN=C(N)N)NC(=O)CNC(=O)[C@@H](NC(=O)[C@H](CO)NC(=O)[C@@H](N)CO)CSSCC(C(=O)N[C@@H](Cc2ccccc2)C(=O)N[C@H](CCCN=C(N)N)C(=O)O)NC(=O)[C@H]([C@@H](C)CC)NC(=O)[C@H](CCCN=C(N)N)NC(=O)C(CC(=O)O)NC1=O. The number of rotatable bonds is 31. The molecule has 97 heavy (non-hydrogen) atoms. The maximum atomic E-state index is 14.9. The largest absolute Gasteiger partial charge is 0.481 e. The van der Waals surface area contributed by atoms with Crippen LogP contribution in [-0.4, -0.2) is 233 Å². The second kappa shape index (κ2) is 44.5. The molecule has 2 unspecified atom stereocenters. The van der Waals surface area contributed by atoms with Crippen molar-refractivity contribution in [2.75, 3.05) is 50.9 Å². The molecule has 38 nitrogen and oxygen atoms in total. The van der Waals surface area contributed by atoms with Crippen molar-refractivity contribution in [3.8, 4) is 0 Å². The van der Waals surface area contributed by atoms with Crippen molar-refractivity contribution in [1.82, 2.24) is 58.5 Å². The van der Waals surface area contributed by atoms with Crippen LogP contribution in [-0.2, 0) is 68.7 Å². The molecule has 1 saturated heterocycles. The number of carbonyl (C=O) groups is 13. The predicted octanol–water partition coefficient (Wildman–Crippen LogP) is -8.29. The van der Waals surface area contributed by atoms with Crippen LogP contribution in [0.2, 0.25) is 0 Å². The number of aliphatic imine (C=N–C) groups is 3. The Kier molecular flexibility index (Phi) is 38.4. The van der Waals surface area contributed by atoms with Gasteiger partial charge in [0.15, 0.2) is 17.9 Å². The van der Waals surface area contributed by atoms with Crippen LogP contribution < -0.4 is 98.6 Å². The first-order chi connectivity index (χ1) is 45.8. The minimum absolute atomic E-state index is 0.00489. The zero-order valence-electron chi connectivity index (χ0n) is 54.4. The Morgan fingerprint density at radius 3 is 1.58 bits per heavy atom. The summed E-state index contributed by atoms with van der Waals surface area (Å²) in [5.74, 6) is -18.2. The molecule has 1 heterocycles. The molecule has 0 aliphatic carbocycles. The van der Waals surface area contributed by atoms with E-state index in [0.717, 1.165) is 21.6 Å². The van der Waals surface area contributed by atoms with Gasteiger partial charge in [0, 0.05) is 37.6 Å². The molecule has 13 atom stereocenters. The molecule has 1 aliphatic heterocycles. The van der Waals surface area contributed by atoms with Crippen molar-refractivity contribution >= 4 is 116 Å². The second-order valence-corrected chi connectivity index (χ2v) is 25.1. The first kappa shape index (κ1) is 83.8. The summed E-state index contributed by atoms with van der Waals surface area (Å²) in [6, 6.07) is -9.87. The van der Waals surface area contributed by atoms with Gasteiger partial charge < -0.3 is 119 Å². The summed E-state index contributed by atoms with van der Waals surface area (Å²) in [4.78, 5) is 193. The lowest BCUT2D eigenvalue weighted by atomic mass is 9.96. The van der Waals surface area contributed by atoms with E-state index in [1.54, 1.807) is 58.0 Å². The van der Waals surface area contributed by atoms with Gasteiger partial charge in [-0.05, 0) is 55.9 Å². The van der Waals surface area contributed by atoms with Crippen molar-refractivity contribution in [2.45, 2.75) is 158 Å². The minimum Gasteiger partial charge on any atom is -0.481 e. The Hall–Kier alpha value is -9.28. The number of carbonyl (C=O) groups excluding carboxylic acids is 11. The molecule has 0 saturated carbocycles. The van der Waals surface area contributed by atoms with Crippen molar-refractivity contribution in [3.05, 3.63) is 35.9 Å². The number of hydrogen-bond donors (Lipinski definition) is 22. The molecule has 2 rings (SSSR count). The molecule has 0 bridgehead atoms. The maximum Gasteiger partial charge on any atom is 0.326 e. The molecule has 11 amide bonds. The van der Waals surface area contributed by atoms with Crippen LogP contribution in [0.3, 0.4) is 0 Å². The van der Waals surface area contributed by atoms with Crippen LogP contribution in [0.5, 0.6) is 0 Å². The summed E-state index contributed by atoms with van der Waals surface area (Å²) >= 11 is 0. The number of aliphatic carboxylic acids is 2. The number of aliphatic hydroxyl groups is 2. The fraction of sp³-hybridized carbons (Fsp3) is 0.614. The van der Waals surface area contributed by atoms with E-state index in [2.05, 4.69) is 73.5 Å². The van der Waals surface area contributed by atoms with E-state index in [9.17, 15) is 82.8 Å². The van der Waals surface area contributed by atoms with Gasteiger partial charge in [-0.15, -0.1) is 0 Å². The molecule has 1 fully saturated rings. The molecule has 1 aromatic rings. The lowest BCUT2D eigenvalue weighted by Crippen LogP contribution is -2.62. The highest BCUT2D eigenvalue weighted by Gasteiger charge is 2.38. The quantitative estimate of drug-likeness (QED) is 0.0142. The molecule has 1 aliphatic rings. The van der Waals surface area contributed by atoms with Crippen LogP contribution in [0.25, 0.3) is 0 Å². The normalized spacial score (nSPS) is 21.5. The van der Waals surface area contributed by atoms with Gasteiger partial charge >= 0.3 is 11.9 Å². The molecule has 0 spiro atoms. The van der Waals surface area contributed by atoms with E-state index in [0.29, 0.717) is 5.56 Å². The molecule has 542 valence electrons. The predicted molar refractivity (Wildman–Crippen MR) is 358 cm³/mol. The number of guanidine groups is 3.